The summed E-state index contributed by atoms with van der Waals surface area (Å²) in [5.74, 6) is 1.98. The Labute approximate surface area is 218 Å². The topological polar surface area (TPSA) is 74.1 Å². The third-order valence-electron chi connectivity index (χ3n) is 5.12. The van der Waals surface area contributed by atoms with Gasteiger partial charge in [-0.05, 0) is 59.3 Å². The lowest BCUT2D eigenvalue weighted by Gasteiger charge is -2.15. The highest BCUT2D eigenvalue weighted by atomic mass is 35.5. The first-order valence-corrected chi connectivity index (χ1v) is 12.8. The number of benzene rings is 3. The Morgan fingerprint density at radius 1 is 1.00 bits per heavy atom. The van der Waals surface area contributed by atoms with Crippen molar-refractivity contribution >= 4 is 35.0 Å². The molecule has 0 saturated heterocycles. The first-order chi connectivity index (χ1) is 17.2. The Morgan fingerprint density at radius 2 is 1.80 bits per heavy atom. The largest absolute Gasteiger partial charge is 0.493 e. The van der Waals surface area contributed by atoms with E-state index in [1.165, 1.54) is 0 Å². The number of aromatic nitrogens is 4. The lowest BCUT2D eigenvalue weighted by Crippen LogP contribution is -2.15. The highest BCUT2D eigenvalue weighted by molar-refractivity contribution is 7.99. The van der Waals surface area contributed by atoms with Gasteiger partial charge < -0.3 is 14.8 Å². The van der Waals surface area contributed by atoms with E-state index in [1.807, 2.05) is 66.7 Å². The number of tetrazole rings is 1. The maximum atomic E-state index is 6.51. The molecular weight excluding hydrogens is 505 g/mol. The molecule has 0 aliphatic rings. The Kier molecular flexibility index (Phi) is 9.25. The van der Waals surface area contributed by atoms with Gasteiger partial charge in [-0.1, -0.05) is 71.4 Å². The molecule has 0 amide bonds. The van der Waals surface area contributed by atoms with Crippen LogP contribution in [0.2, 0.25) is 10.0 Å². The molecule has 4 aromatic rings. The van der Waals surface area contributed by atoms with Crippen molar-refractivity contribution in [3.05, 3.63) is 87.9 Å². The van der Waals surface area contributed by atoms with Crippen molar-refractivity contribution in [2.24, 2.45) is 0 Å². The maximum Gasteiger partial charge on any atom is 0.214 e. The number of ether oxygens (including phenoxy) is 2. The zero-order valence-electron chi connectivity index (χ0n) is 19.2. The van der Waals surface area contributed by atoms with Crippen LogP contribution >= 0.6 is 35.0 Å². The van der Waals surface area contributed by atoms with Gasteiger partial charge in [0.15, 0.2) is 11.5 Å². The van der Waals surface area contributed by atoms with Crippen LogP contribution in [-0.4, -0.2) is 39.6 Å². The number of methoxy groups -OCH3 is 1. The molecule has 0 aliphatic heterocycles. The van der Waals surface area contributed by atoms with Gasteiger partial charge in [-0.15, -0.1) is 5.10 Å². The van der Waals surface area contributed by atoms with Crippen LogP contribution in [0.1, 0.15) is 17.5 Å². The first-order valence-electron chi connectivity index (χ1n) is 11.1. The molecule has 0 aliphatic carbocycles. The molecule has 0 spiro atoms. The molecule has 1 heterocycles. The van der Waals surface area contributed by atoms with E-state index in [0.717, 1.165) is 40.7 Å². The summed E-state index contributed by atoms with van der Waals surface area (Å²) in [5.41, 5.74) is 2.84. The zero-order chi connectivity index (χ0) is 24.5. The summed E-state index contributed by atoms with van der Waals surface area (Å²) in [6.45, 7) is 1.80. The standard InChI is InChI=1S/C25H25Cl2N5O2S/c1-33-23-15-18(14-22(27)24(23)34-17-19-8-5-6-11-21(19)26)16-28-12-7-13-35-25-29-30-31-32(25)20-9-3-2-4-10-20/h2-6,8-11,14-15,28H,7,12-13,16-17H2,1H3. The minimum absolute atomic E-state index is 0.304. The fourth-order valence-electron chi connectivity index (χ4n) is 3.37. The van der Waals surface area contributed by atoms with Crippen molar-refractivity contribution in [3.63, 3.8) is 0 Å². The molecule has 10 heteroatoms. The molecule has 0 unspecified atom stereocenters. The molecule has 0 radical (unpaired) electrons. The van der Waals surface area contributed by atoms with Crippen LogP contribution < -0.4 is 14.8 Å². The van der Waals surface area contributed by atoms with Gasteiger partial charge in [0.25, 0.3) is 0 Å². The van der Waals surface area contributed by atoms with E-state index in [4.69, 9.17) is 32.7 Å². The second kappa shape index (κ2) is 12.8. The summed E-state index contributed by atoms with van der Waals surface area (Å²) in [6.07, 6.45) is 0.955. The van der Waals surface area contributed by atoms with Gasteiger partial charge in [0.2, 0.25) is 5.16 Å². The zero-order valence-corrected chi connectivity index (χ0v) is 21.5. The molecule has 0 bridgehead atoms. The van der Waals surface area contributed by atoms with E-state index in [9.17, 15) is 0 Å². The number of nitrogens with zero attached hydrogens (tertiary/aromatic N) is 4. The second-order valence-corrected chi connectivity index (χ2v) is 9.45. The van der Waals surface area contributed by atoms with Crippen LogP contribution in [0.25, 0.3) is 5.69 Å². The first kappa shape index (κ1) is 25.3. The van der Waals surface area contributed by atoms with Crippen molar-refractivity contribution in [3.8, 4) is 17.2 Å². The number of hydrogen-bond donors (Lipinski definition) is 1. The van der Waals surface area contributed by atoms with Crippen LogP contribution in [0.3, 0.4) is 0 Å². The van der Waals surface area contributed by atoms with Crippen LogP contribution in [0.5, 0.6) is 11.5 Å². The Bertz CT molecular complexity index is 1240. The number of nitrogens with one attached hydrogen (secondary N) is 1. The van der Waals surface area contributed by atoms with Crippen molar-refractivity contribution in [2.45, 2.75) is 24.7 Å². The quantitative estimate of drug-likeness (QED) is 0.183. The van der Waals surface area contributed by atoms with Gasteiger partial charge in [-0.3, -0.25) is 0 Å². The van der Waals surface area contributed by atoms with E-state index < -0.39 is 0 Å². The molecular formula is C25H25Cl2N5O2S. The van der Waals surface area contributed by atoms with E-state index in [0.29, 0.717) is 34.7 Å². The SMILES string of the molecule is COc1cc(CNCCCSc2nnnn2-c2ccccc2)cc(Cl)c1OCc1ccccc1Cl. The highest BCUT2D eigenvalue weighted by Gasteiger charge is 2.13. The van der Waals surface area contributed by atoms with Crippen LogP contribution in [0.4, 0.5) is 0 Å². The van der Waals surface area contributed by atoms with Crippen molar-refractivity contribution in [2.75, 3.05) is 19.4 Å². The van der Waals surface area contributed by atoms with Crippen molar-refractivity contribution in [1.29, 1.82) is 0 Å². The lowest BCUT2D eigenvalue weighted by molar-refractivity contribution is 0.284. The molecule has 1 N–H and O–H groups in total. The summed E-state index contributed by atoms with van der Waals surface area (Å²) in [6, 6.07) is 21.2. The molecule has 0 atom stereocenters. The van der Waals surface area contributed by atoms with Crippen LogP contribution in [-0.2, 0) is 13.2 Å². The fraction of sp³-hybridized carbons (Fsp3) is 0.240. The van der Waals surface area contributed by atoms with Crippen molar-refractivity contribution < 1.29 is 9.47 Å². The number of halogens is 2. The predicted octanol–water partition coefficient (Wildman–Crippen LogP) is 5.83. The van der Waals surface area contributed by atoms with E-state index >= 15 is 0 Å². The van der Waals surface area contributed by atoms with Crippen molar-refractivity contribution in [1.82, 2.24) is 25.5 Å². The molecule has 0 fully saturated rings. The number of para-hydroxylation sites is 1. The fourth-order valence-corrected chi connectivity index (χ4v) is 4.68. The predicted molar refractivity (Wildman–Crippen MR) is 140 cm³/mol. The minimum atomic E-state index is 0.304. The van der Waals surface area contributed by atoms with Gasteiger partial charge in [0.05, 0.1) is 17.8 Å². The molecule has 1 aromatic heterocycles. The van der Waals surface area contributed by atoms with Gasteiger partial charge in [-0.25, -0.2) is 0 Å². The van der Waals surface area contributed by atoms with E-state index in [2.05, 4.69) is 20.8 Å². The summed E-state index contributed by atoms with van der Waals surface area (Å²) >= 11 is 14.4. The highest BCUT2D eigenvalue weighted by Crippen LogP contribution is 2.37. The van der Waals surface area contributed by atoms with E-state index in [-0.39, 0.29) is 0 Å². The lowest BCUT2D eigenvalue weighted by atomic mass is 10.2. The summed E-state index contributed by atoms with van der Waals surface area (Å²) in [5, 5.41) is 17.4. The number of thioether (sulfide) groups is 1. The summed E-state index contributed by atoms with van der Waals surface area (Å²) < 4.78 is 13.2. The molecule has 4 rings (SSSR count). The molecule has 7 nitrogen and oxygen atoms in total. The Balaban J connectivity index is 1.25. The third kappa shape index (κ3) is 6.89. The third-order valence-corrected chi connectivity index (χ3v) is 6.77. The Morgan fingerprint density at radius 3 is 2.60 bits per heavy atom. The average molecular weight is 530 g/mol. The number of hydrogen-bond acceptors (Lipinski definition) is 7. The molecule has 3 aromatic carbocycles. The molecule has 182 valence electrons. The van der Waals surface area contributed by atoms with Gasteiger partial charge in [-0.2, -0.15) is 4.68 Å². The summed E-state index contributed by atoms with van der Waals surface area (Å²) in [4.78, 5) is 0. The summed E-state index contributed by atoms with van der Waals surface area (Å²) in [7, 11) is 1.60. The number of rotatable bonds is 12. The van der Waals surface area contributed by atoms with Gasteiger partial charge in [0.1, 0.15) is 6.61 Å². The van der Waals surface area contributed by atoms with E-state index in [1.54, 1.807) is 23.6 Å². The van der Waals surface area contributed by atoms with Gasteiger partial charge in [0, 0.05) is 22.9 Å². The average Bonchev–Trinajstić information content (AvgIpc) is 3.35. The smallest absolute Gasteiger partial charge is 0.214 e. The monoisotopic (exact) mass is 529 g/mol. The Hall–Kier alpha value is -2.78. The second-order valence-electron chi connectivity index (χ2n) is 7.58. The van der Waals surface area contributed by atoms with Crippen LogP contribution in [0.15, 0.2) is 71.9 Å². The molecule has 0 saturated carbocycles. The maximum absolute atomic E-state index is 6.51. The molecule has 35 heavy (non-hydrogen) atoms. The normalized spacial score (nSPS) is 10.9. The van der Waals surface area contributed by atoms with Gasteiger partial charge >= 0.3 is 0 Å². The van der Waals surface area contributed by atoms with Crippen LogP contribution in [0, 0.1) is 0 Å². The minimum Gasteiger partial charge on any atom is -0.493 e.